The molecule has 146 valence electrons. The highest BCUT2D eigenvalue weighted by Crippen LogP contribution is 2.31. The van der Waals surface area contributed by atoms with Crippen LogP contribution in [0.4, 0.5) is 0 Å². The zero-order valence-electron chi connectivity index (χ0n) is 16.1. The molecule has 0 unspecified atom stereocenters. The number of para-hydroxylation sites is 1. The molecule has 0 aliphatic heterocycles. The van der Waals surface area contributed by atoms with Gasteiger partial charge < -0.3 is 4.74 Å². The number of nitriles is 1. The van der Waals surface area contributed by atoms with Crippen LogP contribution in [0.1, 0.15) is 49.4 Å². The number of benzene rings is 2. The lowest BCUT2D eigenvalue weighted by Gasteiger charge is -2.22. The molecule has 1 aliphatic rings. The summed E-state index contributed by atoms with van der Waals surface area (Å²) in [4.78, 5) is 18.0. The number of rotatable bonds is 5. The van der Waals surface area contributed by atoms with E-state index in [1.807, 2.05) is 36.4 Å². The van der Waals surface area contributed by atoms with E-state index in [0.717, 1.165) is 42.6 Å². The Kier molecular flexibility index (Phi) is 5.66. The molecule has 0 N–H and O–H groups in total. The van der Waals surface area contributed by atoms with Crippen molar-refractivity contribution in [3.63, 3.8) is 0 Å². The van der Waals surface area contributed by atoms with Crippen molar-refractivity contribution in [1.82, 2.24) is 9.66 Å². The summed E-state index contributed by atoms with van der Waals surface area (Å²) < 4.78 is 6.74. The number of hydrogen-bond donors (Lipinski definition) is 0. The van der Waals surface area contributed by atoms with Crippen molar-refractivity contribution in [2.24, 2.45) is 5.10 Å². The van der Waals surface area contributed by atoms with Crippen LogP contribution < -0.4 is 10.3 Å². The van der Waals surface area contributed by atoms with Crippen molar-refractivity contribution >= 4 is 17.1 Å². The number of aromatic nitrogens is 2. The second kappa shape index (κ2) is 8.70. The minimum absolute atomic E-state index is 0.0103. The summed E-state index contributed by atoms with van der Waals surface area (Å²) in [6.07, 6.45) is 7.27. The lowest BCUT2D eigenvalue weighted by molar-refractivity contribution is 0.368. The molecule has 0 radical (unpaired) electrons. The van der Waals surface area contributed by atoms with E-state index in [9.17, 15) is 4.79 Å². The van der Waals surface area contributed by atoms with Gasteiger partial charge in [0, 0.05) is 5.92 Å². The first-order chi connectivity index (χ1) is 14.3. The molecule has 2 aromatic carbocycles. The van der Waals surface area contributed by atoms with Gasteiger partial charge in [0.1, 0.15) is 17.6 Å². The lowest BCUT2D eigenvalue weighted by Crippen LogP contribution is -2.25. The van der Waals surface area contributed by atoms with Crippen LogP contribution in [0, 0.1) is 11.3 Å². The Bertz CT molecular complexity index is 1120. The summed E-state index contributed by atoms with van der Waals surface area (Å²) in [6, 6.07) is 16.6. The van der Waals surface area contributed by atoms with Gasteiger partial charge in [-0.25, -0.2) is 4.98 Å². The third kappa shape index (κ3) is 4.19. The molecule has 1 fully saturated rings. The lowest BCUT2D eigenvalue weighted by atomic mass is 9.88. The molecule has 6 nitrogen and oxygen atoms in total. The molecule has 1 saturated carbocycles. The maximum absolute atomic E-state index is 13.1. The van der Waals surface area contributed by atoms with E-state index in [-0.39, 0.29) is 18.1 Å². The number of nitrogens with zero attached hydrogens (tertiary/aromatic N) is 4. The SMILES string of the molecule is N#CCOc1ccc(C=Nn2c(C3CCCCC3)nc3ccccc3c2=O)cc1. The molecule has 1 aromatic heterocycles. The first-order valence-electron chi connectivity index (χ1n) is 9.92. The van der Waals surface area contributed by atoms with E-state index in [0.29, 0.717) is 11.1 Å². The second-order valence-corrected chi connectivity index (χ2v) is 7.20. The van der Waals surface area contributed by atoms with E-state index < -0.39 is 0 Å². The Hall–Kier alpha value is -3.46. The summed E-state index contributed by atoms with van der Waals surface area (Å²) in [5, 5.41) is 13.7. The smallest absolute Gasteiger partial charge is 0.282 e. The maximum atomic E-state index is 13.1. The topological polar surface area (TPSA) is 80.3 Å². The van der Waals surface area contributed by atoms with Crippen LogP contribution in [-0.4, -0.2) is 22.5 Å². The van der Waals surface area contributed by atoms with Crippen molar-refractivity contribution in [3.8, 4) is 11.8 Å². The normalized spacial score (nSPS) is 14.9. The largest absolute Gasteiger partial charge is 0.479 e. The molecule has 4 rings (SSSR count). The van der Waals surface area contributed by atoms with Crippen LogP contribution in [0.15, 0.2) is 58.4 Å². The Morgan fingerprint density at radius 3 is 2.66 bits per heavy atom. The van der Waals surface area contributed by atoms with Gasteiger partial charge in [0.15, 0.2) is 6.61 Å². The Morgan fingerprint density at radius 2 is 1.90 bits per heavy atom. The quantitative estimate of drug-likeness (QED) is 0.615. The molecule has 0 amide bonds. The fraction of sp³-hybridized carbons (Fsp3) is 0.304. The van der Waals surface area contributed by atoms with Crippen molar-refractivity contribution in [2.45, 2.75) is 38.0 Å². The minimum Gasteiger partial charge on any atom is -0.479 e. The van der Waals surface area contributed by atoms with Gasteiger partial charge in [0.25, 0.3) is 5.56 Å². The highest BCUT2D eigenvalue weighted by Gasteiger charge is 2.22. The minimum atomic E-state index is -0.138. The summed E-state index contributed by atoms with van der Waals surface area (Å²) in [5.74, 6) is 1.62. The molecule has 0 bridgehead atoms. The molecular formula is C23H22N4O2. The molecule has 0 spiro atoms. The van der Waals surface area contributed by atoms with Crippen LogP contribution in [0.25, 0.3) is 10.9 Å². The predicted octanol–water partition coefficient (Wildman–Crippen LogP) is 4.23. The van der Waals surface area contributed by atoms with Crippen LogP contribution in [0.2, 0.25) is 0 Å². The molecule has 1 heterocycles. The molecule has 1 aliphatic carbocycles. The van der Waals surface area contributed by atoms with Gasteiger partial charge in [0.2, 0.25) is 0 Å². The van der Waals surface area contributed by atoms with Gasteiger partial charge >= 0.3 is 0 Å². The summed E-state index contributed by atoms with van der Waals surface area (Å²) in [6.45, 7) is 0.0103. The molecule has 3 aromatic rings. The predicted molar refractivity (Wildman–Crippen MR) is 112 cm³/mol. The summed E-state index contributed by atoms with van der Waals surface area (Å²) in [5.41, 5.74) is 1.42. The van der Waals surface area contributed by atoms with Gasteiger partial charge in [-0.2, -0.15) is 15.0 Å². The standard InChI is InChI=1S/C23H22N4O2/c24-14-15-29-19-12-10-17(11-13-19)16-25-27-22(18-6-2-1-3-7-18)26-21-9-5-4-8-20(21)23(27)28/h4-5,8-13,16,18H,1-3,6-7,15H2. The third-order valence-corrected chi connectivity index (χ3v) is 5.25. The van der Waals surface area contributed by atoms with Gasteiger partial charge in [0.05, 0.1) is 17.1 Å². The number of ether oxygens (including phenoxy) is 1. The average Bonchev–Trinajstić information content (AvgIpc) is 2.78. The monoisotopic (exact) mass is 386 g/mol. The fourth-order valence-electron chi connectivity index (χ4n) is 3.77. The van der Waals surface area contributed by atoms with Crippen LogP contribution >= 0.6 is 0 Å². The van der Waals surface area contributed by atoms with Crippen molar-refractivity contribution in [2.75, 3.05) is 6.61 Å². The zero-order valence-corrected chi connectivity index (χ0v) is 16.1. The summed E-state index contributed by atoms with van der Waals surface area (Å²) in [7, 11) is 0. The van der Waals surface area contributed by atoms with Crippen molar-refractivity contribution < 1.29 is 4.74 Å². The maximum Gasteiger partial charge on any atom is 0.282 e. The van der Waals surface area contributed by atoms with E-state index in [1.54, 1.807) is 24.4 Å². The van der Waals surface area contributed by atoms with Gasteiger partial charge in [-0.1, -0.05) is 31.4 Å². The zero-order chi connectivity index (χ0) is 20.1. The van der Waals surface area contributed by atoms with Gasteiger partial charge in [-0.3, -0.25) is 4.79 Å². The first-order valence-corrected chi connectivity index (χ1v) is 9.92. The van der Waals surface area contributed by atoms with Crippen LogP contribution in [0.5, 0.6) is 5.75 Å². The average molecular weight is 386 g/mol. The second-order valence-electron chi connectivity index (χ2n) is 7.20. The fourth-order valence-corrected chi connectivity index (χ4v) is 3.77. The van der Waals surface area contributed by atoms with E-state index in [1.165, 1.54) is 11.1 Å². The molecule has 29 heavy (non-hydrogen) atoms. The Labute approximate surface area is 169 Å². The first kappa shape index (κ1) is 18.9. The molecule has 6 heteroatoms. The molecule has 0 saturated heterocycles. The highest BCUT2D eigenvalue weighted by molar-refractivity contribution is 5.80. The Morgan fingerprint density at radius 1 is 1.14 bits per heavy atom. The molecular weight excluding hydrogens is 364 g/mol. The third-order valence-electron chi connectivity index (χ3n) is 5.25. The summed E-state index contributed by atoms with van der Waals surface area (Å²) >= 11 is 0. The highest BCUT2D eigenvalue weighted by atomic mass is 16.5. The van der Waals surface area contributed by atoms with E-state index in [2.05, 4.69) is 5.10 Å². The van der Waals surface area contributed by atoms with E-state index >= 15 is 0 Å². The van der Waals surface area contributed by atoms with Gasteiger partial charge in [-0.15, -0.1) is 0 Å². The van der Waals surface area contributed by atoms with Crippen LogP contribution in [-0.2, 0) is 0 Å². The van der Waals surface area contributed by atoms with E-state index in [4.69, 9.17) is 15.0 Å². The number of hydrogen-bond acceptors (Lipinski definition) is 5. The molecule has 0 atom stereocenters. The number of fused-ring (bicyclic) bond motifs is 1. The van der Waals surface area contributed by atoms with Crippen molar-refractivity contribution in [1.29, 1.82) is 5.26 Å². The Balaban J connectivity index is 1.71. The van der Waals surface area contributed by atoms with Crippen molar-refractivity contribution in [3.05, 3.63) is 70.3 Å². The van der Waals surface area contributed by atoms with Crippen LogP contribution in [0.3, 0.4) is 0 Å². The van der Waals surface area contributed by atoms with Gasteiger partial charge in [-0.05, 0) is 54.8 Å².